The number of nitrogens with zero attached hydrogens (tertiary/aromatic N) is 5. The van der Waals surface area contributed by atoms with E-state index in [0.717, 1.165) is 30.6 Å². The van der Waals surface area contributed by atoms with Crippen LogP contribution in [0.1, 0.15) is 18.4 Å². The van der Waals surface area contributed by atoms with Gasteiger partial charge in [0.05, 0.1) is 24.0 Å². The highest BCUT2D eigenvalue weighted by Crippen LogP contribution is 2.24. The fourth-order valence-electron chi connectivity index (χ4n) is 3.54. The third kappa shape index (κ3) is 4.45. The van der Waals surface area contributed by atoms with E-state index in [0.29, 0.717) is 23.1 Å². The second-order valence-corrected chi connectivity index (χ2v) is 7.60. The van der Waals surface area contributed by atoms with E-state index in [1.807, 2.05) is 38.3 Å². The number of likely N-dealkylation sites (N-methyl/N-ethyl adjacent to an activating group) is 1. The van der Waals surface area contributed by atoms with Crippen molar-refractivity contribution in [1.29, 1.82) is 10.8 Å². The third-order valence-corrected chi connectivity index (χ3v) is 5.37. The fraction of sp³-hybridized carbons (Fsp3) is 0.400. The number of rotatable bonds is 6. The zero-order valence-corrected chi connectivity index (χ0v) is 17.1. The lowest BCUT2D eigenvalue weighted by atomic mass is 9.97. The van der Waals surface area contributed by atoms with Crippen LogP contribution in [-0.4, -0.2) is 75.3 Å². The summed E-state index contributed by atoms with van der Waals surface area (Å²) in [5.41, 5.74) is 8.89. The Balaban J connectivity index is 1.75. The lowest BCUT2D eigenvalue weighted by Gasteiger charge is -2.22. The molecule has 0 spiro atoms. The average Bonchev–Trinajstić information content (AvgIpc) is 3.35. The van der Waals surface area contributed by atoms with Gasteiger partial charge in [-0.05, 0) is 38.2 Å². The number of hydrogen-bond donors (Lipinski definition) is 4. The molecule has 0 aliphatic carbocycles. The van der Waals surface area contributed by atoms with Crippen LogP contribution in [0.25, 0.3) is 11.1 Å². The molecule has 29 heavy (non-hydrogen) atoms. The van der Waals surface area contributed by atoms with Crippen molar-refractivity contribution in [2.45, 2.75) is 18.9 Å². The number of aryl methyl sites for hydroxylation is 1. The van der Waals surface area contributed by atoms with Crippen LogP contribution in [-0.2, 0) is 7.05 Å². The summed E-state index contributed by atoms with van der Waals surface area (Å²) >= 11 is 0. The van der Waals surface area contributed by atoms with E-state index >= 15 is 0 Å². The average molecular weight is 396 g/mol. The van der Waals surface area contributed by atoms with Gasteiger partial charge in [-0.2, -0.15) is 5.10 Å². The van der Waals surface area contributed by atoms with Crippen molar-refractivity contribution in [3.63, 3.8) is 0 Å². The summed E-state index contributed by atoms with van der Waals surface area (Å²) in [6.45, 7) is 1.51. The van der Waals surface area contributed by atoms with Crippen molar-refractivity contribution in [3.8, 4) is 11.1 Å². The molecule has 9 nitrogen and oxygen atoms in total. The first-order valence-corrected chi connectivity index (χ1v) is 9.47. The highest BCUT2D eigenvalue weighted by molar-refractivity contribution is 6.49. The van der Waals surface area contributed by atoms with Crippen LogP contribution in [0.2, 0.25) is 0 Å². The molecule has 2 aromatic rings. The van der Waals surface area contributed by atoms with Crippen molar-refractivity contribution >= 4 is 22.9 Å². The second kappa shape index (κ2) is 8.44. The Morgan fingerprint density at radius 1 is 1.34 bits per heavy atom. The van der Waals surface area contributed by atoms with Gasteiger partial charge in [0.15, 0.2) is 0 Å². The van der Waals surface area contributed by atoms with Crippen molar-refractivity contribution in [3.05, 3.63) is 36.2 Å². The third-order valence-electron chi connectivity index (χ3n) is 5.37. The van der Waals surface area contributed by atoms with Gasteiger partial charge in [0.1, 0.15) is 5.84 Å². The van der Waals surface area contributed by atoms with E-state index in [9.17, 15) is 5.21 Å². The largest absolute Gasteiger partial charge is 0.409 e. The lowest BCUT2D eigenvalue weighted by molar-refractivity contribution is 0.287. The molecule has 1 unspecified atom stereocenters. The summed E-state index contributed by atoms with van der Waals surface area (Å²) in [5, 5.41) is 34.0. The highest BCUT2D eigenvalue weighted by atomic mass is 16.4. The SMILES string of the molecule is CN(C)C1CCN(/C(CC(=N)C(=N)c2cc(-c3cnn(C)c3)ccc2N)=N\O)C1. The molecule has 0 radical (unpaired) electrons. The predicted molar refractivity (Wildman–Crippen MR) is 115 cm³/mol. The van der Waals surface area contributed by atoms with Gasteiger partial charge in [0, 0.05) is 49.2 Å². The van der Waals surface area contributed by atoms with Crippen LogP contribution in [0.15, 0.2) is 35.7 Å². The minimum atomic E-state index is 0.0257. The van der Waals surface area contributed by atoms with Crippen molar-refractivity contribution in [1.82, 2.24) is 19.6 Å². The molecule has 3 rings (SSSR count). The molecule has 1 fully saturated rings. The smallest absolute Gasteiger partial charge is 0.150 e. The lowest BCUT2D eigenvalue weighted by Crippen LogP contribution is -2.36. The summed E-state index contributed by atoms with van der Waals surface area (Å²) < 4.78 is 1.71. The Kier molecular flexibility index (Phi) is 5.97. The maximum absolute atomic E-state index is 9.49. The Hall–Kier alpha value is -3.20. The number of nitrogens with two attached hydrogens (primary N) is 1. The zero-order valence-electron chi connectivity index (χ0n) is 17.1. The molecule has 1 aromatic heterocycles. The molecule has 154 valence electrons. The molecular formula is C20H28N8O. The van der Waals surface area contributed by atoms with E-state index < -0.39 is 0 Å². The van der Waals surface area contributed by atoms with E-state index in [2.05, 4.69) is 15.2 Å². The number of oxime groups is 1. The van der Waals surface area contributed by atoms with Gasteiger partial charge in [-0.15, -0.1) is 0 Å². The summed E-state index contributed by atoms with van der Waals surface area (Å²) in [6.07, 6.45) is 4.67. The van der Waals surface area contributed by atoms with Gasteiger partial charge in [0.2, 0.25) is 0 Å². The fourth-order valence-corrected chi connectivity index (χ4v) is 3.54. The number of hydrogen-bond acceptors (Lipinski definition) is 7. The van der Waals surface area contributed by atoms with Crippen molar-refractivity contribution in [2.24, 2.45) is 12.2 Å². The first-order valence-electron chi connectivity index (χ1n) is 9.47. The molecule has 1 aliphatic rings. The highest BCUT2D eigenvalue weighted by Gasteiger charge is 2.28. The summed E-state index contributed by atoms with van der Waals surface area (Å²) in [7, 11) is 5.90. The Morgan fingerprint density at radius 3 is 2.69 bits per heavy atom. The minimum Gasteiger partial charge on any atom is -0.409 e. The molecule has 5 N–H and O–H groups in total. The number of benzene rings is 1. The normalized spacial score (nSPS) is 17.2. The number of amidine groups is 1. The van der Waals surface area contributed by atoms with Crippen LogP contribution in [0.5, 0.6) is 0 Å². The quantitative estimate of drug-likeness (QED) is 0.195. The van der Waals surface area contributed by atoms with Gasteiger partial charge in [0.25, 0.3) is 0 Å². The maximum atomic E-state index is 9.49. The monoisotopic (exact) mass is 396 g/mol. The van der Waals surface area contributed by atoms with Crippen LogP contribution >= 0.6 is 0 Å². The first-order chi connectivity index (χ1) is 13.8. The molecule has 9 heteroatoms. The zero-order chi connectivity index (χ0) is 21.1. The van der Waals surface area contributed by atoms with E-state index in [1.54, 1.807) is 23.0 Å². The van der Waals surface area contributed by atoms with Crippen LogP contribution in [0.3, 0.4) is 0 Å². The van der Waals surface area contributed by atoms with Gasteiger partial charge in [-0.25, -0.2) is 0 Å². The first kappa shape index (κ1) is 20.5. The maximum Gasteiger partial charge on any atom is 0.150 e. The summed E-state index contributed by atoms with van der Waals surface area (Å²) in [5.74, 6) is 0.408. The van der Waals surface area contributed by atoms with E-state index in [1.165, 1.54) is 0 Å². The summed E-state index contributed by atoms with van der Waals surface area (Å²) in [6, 6.07) is 5.80. The summed E-state index contributed by atoms with van der Waals surface area (Å²) in [4.78, 5) is 4.12. The molecule has 0 bridgehead atoms. The van der Waals surface area contributed by atoms with Crippen molar-refractivity contribution < 1.29 is 5.21 Å². The number of nitrogens with one attached hydrogen (secondary N) is 2. The van der Waals surface area contributed by atoms with Gasteiger partial charge in [-0.3, -0.25) is 10.1 Å². The van der Waals surface area contributed by atoms with Gasteiger partial charge >= 0.3 is 0 Å². The van der Waals surface area contributed by atoms with Crippen LogP contribution in [0.4, 0.5) is 5.69 Å². The van der Waals surface area contributed by atoms with Crippen molar-refractivity contribution in [2.75, 3.05) is 32.9 Å². The Morgan fingerprint density at radius 2 is 2.10 bits per heavy atom. The molecule has 2 heterocycles. The van der Waals surface area contributed by atoms with Gasteiger partial charge < -0.3 is 26.2 Å². The van der Waals surface area contributed by atoms with Gasteiger partial charge in [-0.1, -0.05) is 11.2 Å². The minimum absolute atomic E-state index is 0.0257. The molecule has 1 atom stereocenters. The van der Waals surface area contributed by atoms with Crippen LogP contribution in [0, 0.1) is 10.8 Å². The number of nitrogen functional groups attached to an aromatic ring is 1. The molecule has 0 saturated carbocycles. The van der Waals surface area contributed by atoms with E-state index in [-0.39, 0.29) is 17.8 Å². The Labute approximate surface area is 170 Å². The number of aromatic nitrogens is 2. The topological polar surface area (TPSA) is 131 Å². The predicted octanol–water partition coefficient (Wildman–Crippen LogP) is 1.87. The molecular weight excluding hydrogens is 368 g/mol. The van der Waals surface area contributed by atoms with Crippen LogP contribution < -0.4 is 5.73 Å². The second-order valence-electron chi connectivity index (χ2n) is 7.60. The van der Waals surface area contributed by atoms with E-state index in [4.69, 9.17) is 16.6 Å². The number of anilines is 1. The standard InChI is InChI=1S/C20H28N8O/c1-26(2)15-6-7-28(12-15)19(25-29)9-18(22)20(23)16-8-13(4-5-17(16)21)14-10-24-27(3)11-14/h4-5,8,10-11,15,22-23,29H,6-7,9,12,21H2,1-3H3/b22-18?,23-20?,25-19-. The molecule has 0 amide bonds. The Bertz CT molecular complexity index is 946. The number of likely N-dealkylation sites (tertiary alicyclic amines) is 1. The molecule has 1 aromatic carbocycles. The molecule has 1 saturated heterocycles. The molecule has 1 aliphatic heterocycles.